The summed E-state index contributed by atoms with van der Waals surface area (Å²) in [6.07, 6.45) is 18.7. The molecular weight excluding hydrogens is 632 g/mol. The molecule has 12 saturated carbocycles. The van der Waals surface area contributed by atoms with E-state index in [1.54, 1.807) is 0 Å². The fraction of sp³-hybridized carbons (Fsp3) is 0.897. The molecule has 0 N–H and O–H groups in total. The Morgan fingerprint density at radius 3 is 0.833 bits per heavy atom. The monoisotopic (exact) mass is 684 g/mol. The first-order valence-corrected chi connectivity index (χ1v) is 19.7. The molecule has 0 unspecified atom stereocenters. The van der Waals surface area contributed by atoms with Crippen molar-refractivity contribution in [2.75, 3.05) is 26.4 Å². The van der Waals surface area contributed by atoms with Gasteiger partial charge in [0.25, 0.3) is 0 Å². The Labute approximate surface area is 289 Å². The van der Waals surface area contributed by atoms with Gasteiger partial charge >= 0.3 is 23.3 Å². The highest BCUT2D eigenvalue weighted by Gasteiger charge is 2.59. The highest BCUT2D eigenvalue weighted by atomic mass is 35.5. The first-order chi connectivity index (χ1) is 23.0. The summed E-state index contributed by atoms with van der Waals surface area (Å²) in [6, 6.07) is 0. The highest BCUT2D eigenvalue weighted by Crippen LogP contribution is 2.63. The van der Waals surface area contributed by atoms with E-state index in [1.807, 2.05) is 0 Å². The fourth-order valence-corrected chi connectivity index (χ4v) is 14.7. The van der Waals surface area contributed by atoms with Crippen molar-refractivity contribution in [1.29, 1.82) is 0 Å². The molecule has 0 aromatic rings. The summed E-state index contributed by atoms with van der Waals surface area (Å²) >= 11 is 5.72. The molecule has 0 aromatic heterocycles. The Morgan fingerprint density at radius 2 is 0.625 bits per heavy atom. The number of esters is 3. The van der Waals surface area contributed by atoms with Crippen molar-refractivity contribution in [3.63, 3.8) is 0 Å². The van der Waals surface area contributed by atoms with Crippen molar-refractivity contribution < 1.29 is 38.1 Å². The molecule has 12 fully saturated rings. The van der Waals surface area contributed by atoms with E-state index in [9.17, 15) is 19.2 Å². The van der Waals surface area contributed by atoms with E-state index in [2.05, 4.69) is 0 Å². The van der Waals surface area contributed by atoms with Crippen LogP contribution in [0, 0.1) is 74.9 Å². The molecule has 48 heavy (non-hydrogen) atoms. The lowest BCUT2D eigenvalue weighted by Gasteiger charge is -2.55. The summed E-state index contributed by atoms with van der Waals surface area (Å²) in [4.78, 5) is 54.1. The summed E-state index contributed by atoms with van der Waals surface area (Å²) in [7, 11) is 0. The van der Waals surface area contributed by atoms with Gasteiger partial charge in [0.2, 0.25) is 0 Å². The molecule has 12 aliphatic rings. The lowest BCUT2D eigenvalue weighted by atomic mass is 9.49. The van der Waals surface area contributed by atoms with Gasteiger partial charge in [0, 0.05) is 11.6 Å². The molecule has 0 amide bonds. The van der Waals surface area contributed by atoms with Gasteiger partial charge in [-0.25, -0.2) is 4.79 Å². The molecule has 8 nitrogen and oxygen atoms in total. The van der Waals surface area contributed by atoms with Gasteiger partial charge < -0.3 is 18.9 Å². The number of ether oxygens (including phenoxy) is 4. The zero-order valence-electron chi connectivity index (χ0n) is 28.4. The Kier molecular flexibility index (Phi) is 7.76. The first-order valence-electron chi connectivity index (χ1n) is 19.3. The fourth-order valence-electron chi connectivity index (χ4n) is 14.7. The molecule has 9 heteroatoms. The maximum atomic E-state index is 14.0. The first kappa shape index (κ1) is 32.1. The van der Waals surface area contributed by atoms with E-state index < -0.39 is 27.1 Å². The molecule has 0 heterocycles. The molecule has 12 bridgehead atoms. The van der Waals surface area contributed by atoms with Crippen LogP contribution < -0.4 is 0 Å². The van der Waals surface area contributed by atoms with E-state index in [-0.39, 0.29) is 44.3 Å². The summed E-state index contributed by atoms with van der Waals surface area (Å²) in [6.45, 7) is -0.772. The van der Waals surface area contributed by atoms with Gasteiger partial charge in [-0.05, 0) is 169 Å². The number of halogens is 1. The van der Waals surface area contributed by atoms with E-state index in [0.29, 0.717) is 53.3 Å². The van der Waals surface area contributed by atoms with Gasteiger partial charge in [-0.15, -0.1) is 0 Å². The zero-order chi connectivity index (χ0) is 32.9. The topological polar surface area (TPSA) is 105 Å². The lowest BCUT2D eigenvalue weighted by molar-refractivity contribution is -0.192. The summed E-state index contributed by atoms with van der Waals surface area (Å²) in [5, 5.41) is 0. The quantitative estimate of drug-likeness (QED) is 0.124. The minimum atomic E-state index is -1.25. The van der Waals surface area contributed by atoms with Gasteiger partial charge in [0.05, 0.1) is 16.2 Å². The number of carbonyl (C=O) groups excluding carboxylic acids is 4. The summed E-state index contributed by atoms with van der Waals surface area (Å²) < 4.78 is 24.1. The van der Waals surface area contributed by atoms with Crippen LogP contribution in [-0.4, -0.2) is 49.8 Å². The van der Waals surface area contributed by atoms with Crippen molar-refractivity contribution in [1.82, 2.24) is 0 Å². The van der Waals surface area contributed by atoms with Crippen LogP contribution in [-0.2, 0) is 33.3 Å². The van der Waals surface area contributed by atoms with Crippen LogP contribution in [0.3, 0.4) is 0 Å². The second-order valence-corrected chi connectivity index (χ2v) is 19.7. The van der Waals surface area contributed by atoms with E-state index in [1.165, 1.54) is 57.8 Å². The number of hydrogen-bond donors (Lipinski definition) is 0. The Bertz CT molecular complexity index is 1100. The van der Waals surface area contributed by atoms with E-state index in [0.717, 1.165) is 57.8 Å². The molecule has 0 spiro atoms. The minimum Gasteiger partial charge on any atom is -0.464 e. The minimum absolute atomic E-state index is 0.167. The third kappa shape index (κ3) is 5.61. The van der Waals surface area contributed by atoms with E-state index >= 15 is 0 Å². The molecule has 12 aliphatic carbocycles. The second kappa shape index (κ2) is 11.6. The SMILES string of the molecule is O=C(Cl)OCC(COC(=O)C12CC3CC(CC(C3)C1)C2)(COC(=O)C12CC3CC(CC(C3)C1)C2)COC(=O)C12CC3CC(CC(C3)C1)C2. The van der Waals surface area contributed by atoms with Gasteiger partial charge in [-0.3, -0.25) is 14.4 Å². The predicted molar refractivity (Wildman–Crippen MR) is 174 cm³/mol. The molecule has 0 aliphatic heterocycles. The molecule has 264 valence electrons. The lowest BCUT2D eigenvalue weighted by Crippen LogP contribution is -2.54. The van der Waals surface area contributed by atoms with Gasteiger partial charge in [0.1, 0.15) is 31.8 Å². The molecule has 0 aromatic carbocycles. The normalized spacial score (nSPS) is 46.6. The standard InChI is InChI=1S/C39H53ClO8/c40-35(44)48-22-36(19-45-32(41)37-10-23-1-24(11-37)3-25(2-23)12-37,20-46-33(42)38-13-26-4-27(14-38)6-28(5-26)15-38)21-47-34(43)39-16-29-7-30(17-39)9-31(8-29)18-39/h23-31H,1-22H2. The van der Waals surface area contributed by atoms with Gasteiger partial charge in [0.15, 0.2) is 0 Å². The van der Waals surface area contributed by atoms with Gasteiger partial charge in [-0.2, -0.15) is 0 Å². The van der Waals surface area contributed by atoms with Crippen LogP contribution in [0.2, 0.25) is 0 Å². The van der Waals surface area contributed by atoms with Crippen molar-refractivity contribution in [2.24, 2.45) is 74.9 Å². The molecular formula is C39H53ClO8. The summed E-state index contributed by atoms with van der Waals surface area (Å²) in [5.74, 6) is 4.58. The molecule has 0 saturated heterocycles. The van der Waals surface area contributed by atoms with Crippen LogP contribution in [0.15, 0.2) is 0 Å². The third-order valence-corrected chi connectivity index (χ3v) is 15.5. The molecule has 0 atom stereocenters. The van der Waals surface area contributed by atoms with Crippen LogP contribution in [0.1, 0.15) is 116 Å². The highest BCUT2D eigenvalue weighted by molar-refractivity contribution is 6.61. The maximum Gasteiger partial charge on any atom is 0.403 e. The van der Waals surface area contributed by atoms with E-state index in [4.69, 9.17) is 30.5 Å². The average Bonchev–Trinajstić information content (AvgIpc) is 3.01. The smallest absolute Gasteiger partial charge is 0.403 e. The molecule has 12 rings (SSSR count). The zero-order valence-corrected chi connectivity index (χ0v) is 29.2. The number of carbonyl (C=O) groups is 4. The predicted octanol–water partition coefficient (Wildman–Crippen LogP) is 7.63. The van der Waals surface area contributed by atoms with Crippen molar-refractivity contribution in [3.05, 3.63) is 0 Å². The average molecular weight is 685 g/mol. The largest absolute Gasteiger partial charge is 0.464 e. The van der Waals surface area contributed by atoms with Crippen molar-refractivity contribution in [2.45, 2.75) is 116 Å². The van der Waals surface area contributed by atoms with Gasteiger partial charge in [-0.1, -0.05) is 0 Å². The Balaban J connectivity index is 0.952. The van der Waals surface area contributed by atoms with Crippen LogP contribution in [0.4, 0.5) is 4.79 Å². The van der Waals surface area contributed by atoms with Crippen LogP contribution in [0.25, 0.3) is 0 Å². The van der Waals surface area contributed by atoms with Crippen molar-refractivity contribution >= 4 is 34.9 Å². The molecule has 0 radical (unpaired) electrons. The third-order valence-electron chi connectivity index (χ3n) is 15.4. The maximum absolute atomic E-state index is 14.0. The van der Waals surface area contributed by atoms with Crippen molar-refractivity contribution in [3.8, 4) is 0 Å². The number of hydrogen-bond acceptors (Lipinski definition) is 8. The van der Waals surface area contributed by atoms with Crippen LogP contribution in [0.5, 0.6) is 0 Å². The van der Waals surface area contributed by atoms with Crippen LogP contribution >= 0.6 is 11.6 Å². The Morgan fingerprint density at radius 1 is 0.417 bits per heavy atom. The summed E-state index contributed by atoms with van der Waals surface area (Å²) in [5.41, 5.74) is -3.68. The second-order valence-electron chi connectivity index (χ2n) is 19.3. The Hall–Kier alpha value is -1.83. The number of rotatable bonds is 11.